The Morgan fingerprint density at radius 2 is 2.25 bits per heavy atom. The van der Waals surface area contributed by atoms with Gasteiger partial charge in [0, 0.05) is 17.9 Å². The summed E-state index contributed by atoms with van der Waals surface area (Å²) in [4.78, 5) is 24.9. The molecule has 106 valence electrons. The second kappa shape index (κ2) is 6.00. The zero-order chi connectivity index (χ0) is 14.7. The van der Waals surface area contributed by atoms with Crippen LogP contribution in [0.15, 0.2) is 24.3 Å². The number of hydrogen-bond donors (Lipinski definition) is 1. The molecule has 1 fully saturated rings. The minimum Gasteiger partial charge on any atom is -0.492 e. The summed E-state index contributed by atoms with van der Waals surface area (Å²) in [5.74, 6) is 0.126. The third-order valence-corrected chi connectivity index (χ3v) is 3.41. The molecule has 0 radical (unpaired) electrons. The predicted octanol–water partition coefficient (Wildman–Crippen LogP) is 1.09. The Morgan fingerprint density at radius 3 is 2.85 bits per heavy atom. The number of ether oxygens (including phenoxy) is 1. The first-order chi connectivity index (χ1) is 9.49. The number of benzene rings is 1. The van der Waals surface area contributed by atoms with Crippen LogP contribution in [-0.2, 0) is 9.59 Å². The lowest BCUT2D eigenvalue weighted by Crippen LogP contribution is -2.34. The fourth-order valence-electron chi connectivity index (χ4n) is 2.08. The van der Waals surface area contributed by atoms with Gasteiger partial charge >= 0.3 is 0 Å². The molecule has 1 aromatic rings. The van der Waals surface area contributed by atoms with E-state index in [1.807, 2.05) is 0 Å². The van der Waals surface area contributed by atoms with Crippen LogP contribution in [0.3, 0.4) is 0 Å². The van der Waals surface area contributed by atoms with E-state index in [0.29, 0.717) is 10.7 Å². The Morgan fingerprint density at radius 1 is 1.50 bits per heavy atom. The zero-order valence-electron chi connectivity index (χ0n) is 11.2. The fourth-order valence-corrected chi connectivity index (χ4v) is 2.20. The van der Waals surface area contributed by atoms with Crippen LogP contribution in [0.25, 0.3) is 0 Å². The number of carbonyl (C=O) groups excluding carboxylic acids is 2. The van der Waals surface area contributed by atoms with Crippen molar-refractivity contribution in [1.82, 2.24) is 4.90 Å². The molecule has 2 rings (SSSR count). The molecule has 1 aliphatic heterocycles. The van der Waals surface area contributed by atoms with E-state index in [9.17, 15) is 9.59 Å². The second-order valence-corrected chi connectivity index (χ2v) is 5.17. The van der Waals surface area contributed by atoms with Gasteiger partial charge in [0.15, 0.2) is 0 Å². The molecule has 20 heavy (non-hydrogen) atoms. The van der Waals surface area contributed by atoms with Crippen LogP contribution in [0.1, 0.15) is 18.9 Å². The smallest absolute Gasteiger partial charge is 0.232 e. The van der Waals surface area contributed by atoms with Crippen molar-refractivity contribution in [3.05, 3.63) is 29.8 Å². The average molecular weight is 292 g/mol. The van der Waals surface area contributed by atoms with Crippen molar-refractivity contribution in [2.75, 3.05) is 13.2 Å². The van der Waals surface area contributed by atoms with E-state index in [2.05, 4.69) is 0 Å². The number of thiocarbonyl (C=S) groups is 1. The van der Waals surface area contributed by atoms with Crippen molar-refractivity contribution < 1.29 is 14.3 Å². The minimum absolute atomic E-state index is 0.129. The highest BCUT2D eigenvalue weighted by atomic mass is 32.1. The van der Waals surface area contributed by atoms with Gasteiger partial charge in [-0.2, -0.15) is 0 Å². The molecule has 1 saturated heterocycles. The quantitative estimate of drug-likeness (QED) is 0.650. The molecule has 2 N–H and O–H groups in total. The van der Waals surface area contributed by atoms with Gasteiger partial charge in [0.2, 0.25) is 11.8 Å². The van der Waals surface area contributed by atoms with E-state index in [4.69, 9.17) is 22.7 Å². The first-order valence-electron chi connectivity index (χ1n) is 6.36. The van der Waals surface area contributed by atoms with E-state index in [1.54, 1.807) is 31.2 Å². The van der Waals surface area contributed by atoms with Crippen molar-refractivity contribution in [2.45, 2.75) is 13.3 Å². The van der Waals surface area contributed by atoms with Gasteiger partial charge in [-0.05, 0) is 12.1 Å². The van der Waals surface area contributed by atoms with Crippen LogP contribution in [0, 0.1) is 5.92 Å². The summed E-state index contributed by atoms with van der Waals surface area (Å²) in [5, 5.41) is 0. The highest BCUT2D eigenvalue weighted by Crippen LogP contribution is 2.19. The van der Waals surface area contributed by atoms with Crippen LogP contribution < -0.4 is 10.5 Å². The summed E-state index contributed by atoms with van der Waals surface area (Å²) in [7, 11) is 0. The first kappa shape index (κ1) is 14.5. The van der Waals surface area contributed by atoms with Gasteiger partial charge in [-0.1, -0.05) is 31.3 Å². The Labute approximate surface area is 122 Å². The van der Waals surface area contributed by atoms with Crippen LogP contribution in [0.5, 0.6) is 5.75 Å². The van der Waals surface area contributed by atoms with Crippen LogP contribution in [-0.4, -0.2) is 34.9 Å². The van der Waals surface area contributed by atoms with Crippen molar-refractivity contribution in [3.63, 3.8) is 0 Å². The molecule has 5 nitrogen and oxygen atoms in total. The van der Waals surface area contributed by atoms with Crippen molar-refractivity contribution >= 4 is 29.0 Å². The lowest BCUT2D eigenvalue weighted by Gasteiger charge is -2.15. The van der Waals surface area contributed by atoms with Crippen LogP contribution in [0.4, 0.5) is 0 Å². The predicted molar refractivity (Wildman–Crippen MR) is 78.3 cm³/mol. The van der Waals surface area contributed by atoms with E-state index >= 15 is 0 Å². The summed E-state index contributed by atoms with van der Waals surface area (Å²) < 4.78 is 5.53. The third-order valence-electron chi connectivity index (χ3n) is 3.17. The molecular weight excluding hydrogens is 276 g/mol. The highest BCUT2D eigenvalue weighted by Gasteiger charge is 2.35. The van der Waals surface area contributed by atoms with Gasteiger partial charge in [0.05, 0.1) is 6.54 Å². The molecule has 1 unspecified atom stereocenters. The fraction of sp³-hybridized carbons (Fsp3) is 0.357. The number of nitrogens with two attached hydrogens (primary N) is 1. The first-order valence-corrected chi connectivity index (χ1v) is 6.76. The maximum Gasteiger partial charge on any atom is 0.232 e. The van der Waals surface area contributed by atoms with E-state index in [1.165, 1.54) is 4.90 Å². The molecular formula is C14H16N2O3S. The second-order valence-electron chi connectivity index (χ2n) is 4.73. The highest BCUT2D eigenvalue weighted by molar-refractivity contribution is 7.80. The average Bonchev–Trinajstić information content (AvgIpc) is 2.65. The largest absolute Gasteiger partial charge is 0.492 e. The Kier molecular flexibility index (Phi) is 4.34. The van der Waals surface area contributed by atoms with E-state index in [0.717, 1.165) is 5.56 Å². The maximum atomic E-state index is 11.7. The Balaban J connectivity index is 1.90. The molecule has 0 saturated carbocycles. The maximum absolute atomic E-state index is 11.7. The summed E-state index contributed by atoms with van der Waals surface area (Å²) >= 11 is 4.89. The molecule has 1 atom stereocenters. The van der Waals surface area contributed by atoms with Gasteiger partial charge in [0.25, 0.3) is 0 Å². The van der Waals surface area contributed by atoms with Gasteiger partial charge in [-0.15, -0.1) is 0 Å². The molecule has 6 heteroatoms. The molecule has 0 aliphatic carbocycles. The van der Waals surface area contributed by atoms with Crippen molar-refractivity contribution in [1.29, 1.82) is 0 Å². The normalized spacial score (nSPS) is 18.4. The van der Waals surface area contributed by atoms with Crippen LogP contribution >= 0.6 is 12.2 Å². The molecule has 1 heterocycles. The lowest BCUT2D eigenvalue weighted by atomic mass is 10.1. The number of nitrogens with zero attached hydrogens (tertiary/aromatic N) is 1. The number of amides is 2. The lowest BCUT2D eigenvalue weighted by molar-refractivity contribution is -0.139. The van der Waals surface area contributed by atoms with Gasteiger partial charge in [-0.25, -0.2) is 0 Å². The number of rotatable bonds is 5. The zero-order valence-corrected chi connectivity index (χ0v) is 12.0. The van der Waals surface area contributed by atoms with E-state index in [-0.39, 0.29) is 37.3 Å². The monoisotopic (exact) mass is 292 g/mol. The van der Waals surface area contributed by atoms with Crippen molar-refractivity contribution in [3.8, 4) is 5.75 Å². The summed E-state index contributed by atoms with van der Waals surface area (Å²) in [6.07, 6.45) is 0.287. The third kappa shape index (κ3) is 3.14. The minimum atomic E-state index is -0.222. The van der Waals surface area contributed by atoms with Crippen LogP contribution in [0.2, 0.25) is 0 Å². The topological polar surface area (TPSA) is 72.6 Å². The van der Waals surface area contributed by atoms with Gasteiger partial charge < -0.3 is 10.5 Å². The number of carbonyl (C=O) groups is 2. The number of imide groups is 1. The summed E-state index contributed by atoms with van der Waals surface area (Å²) in [6, 6.07) is 7.10. The van der Waals surface area contributed by atoms with Gasteiger partial charge in [-0.3, -0.25) is 14.5 Å². The number of hydrogen-bond acceptors (Lipinski definition) is 4. The summed E-state index contributed by atoms with van der Waals surface area (Å²) in [5.41, 5.74) is 6.26. The molecule has 1 aliphatic rings. The Hall–Kier alpha value is -1.95. The molecule has 1 aromatic carbocycles. The van der Waals surface area contributed by atoms with Gasteiger partial charge in [0.1, 0.15) is 17.3 Å². The molecule has 0 spiro atoms. The number of likely N-dealkylation sites (tertiary alicyclic amines) is 1. The Bertz CT molecular complexity index is 559. The SMILES string of the molecule is CC1CC(=O)N(CCOc2cccc(C(N)=S)c2)C1=O. The van der Waals surface area contributed by atoms with Crippen molar-refractivity contribution in [2.24, 2.45) is 11.7 Å². The summed E-state index contributed by atoms with van der Waals surface area (Å²) in [6.45, 7) is 2.27. The van der Waals surface area contributed by atoms with E-state index < -0.39 is 0 Å². The molecule has 0 aromatic heterocycles. The molecule has 2 amide bonds. The standard InChI is InChI=1S/C14H16N2O3S/c1-9-7-12(17)16(14(9)18)5-6-19-11-4-2-3-10(8-11)13(15)20/h2-4,8-9H,5-7H2,1H3,(H2,15,20). The molecule has 0 bridgehead atoms.